The summed E-state index contributed by atoms with van der Waals surface area (Å²) in [5, 5.41) is 2.81. The van der Waals surface area contributed by atoms with Crippen LogP contribution in [0.2, 0.25) is 0 Å². The number of allylic oxidation sites excluding steroid dienone is 1. The molecule has 3 heterocycles. The van der Waals surface area contributed by atoms with Crippen LogP contribution in [-0.4, -0.2) is 60.4 Å². The molecule has 3 aliphatic heterocycles. The van der Waals surface area contributed by atoms with Crippen molar-refractivity contribution in [3.8, 4) is 0 Å². The van der Waals surface area contributed by atoms with Gasteiger partial charge in [-0.2, -0.15) is 13.2 Å². The Morgan fingerprint density at radius 1 is 1.28 bits per heavy atom. The molecule has 1 amide bonds. The van der Waals surface area contributed by atoms with Gasteiger partial charge in [-0.15, -0.1) is 0 Å². The second-order valence-corrected chi connectivity index (χ2v) is 8.25. The van der Waals surface area contributed by atoms with E-state index in [0.717, 1.165) is 17.8 Å². The number of ether oxygens (including phenoxy) is 1. The highest BCUT2D eigenvalue weighted by atomic mass is 19.4. The minimum absolute atomic E-state index is 0.00879. The number of morpholine rings is 1. The zero-order chi connectivity index (χ0) is 23.0. The molecule has 1 saturated heterocycles. The van der Waals surface area contributed by atoms with Gasteiger partial charge >= 0.3 is 6.18 Å². The number of halogens is 3. The molecule has 0 saturated carbocycles. The van der Waals surface area contributed by atoms with E-state index in [1.54, 1.807) is 13.0 Å². The summed E-state index contributed by atoms with van der Waals surface area (Å²) in [5.74, 6) is 0.174. The lowest BCUT2D eigenvalue weighted by Crippen LogP contribution is -2.41. The number of alkyl halides is 3. The summed E-state index contributed by atoms with van der Waals surface area (Å²) >= 11 is 0. The number of nitrogens with one attached hydrogen (secondary N) is 1. The summed E-state index contributed by atoms with van der Waals surface area (Å²) in [6, 6.07) is 2.68. The molecular formula is C22H26F3N5O2. The number of benzene rings is 1. The molecule has 32 heavy (non-hydrogen) atoms. The Morgan fingerprint density at radius 2 is 2.00 bits per heavy atom. The van der Waals surface area contributed by atoms with E-state index in [1.807, 2.05) is 18.0 Å². The van der Waals surface area contributed by atoms with Gasteiger partial charge in [0.25, 0.3) is 5.91 Å². The molecule has 4 rings (SSSR count). The van der Waals surface area contributed by atoms with E-state index < -0.39 is 23.7 Å². The van der Waals surface area contributed by atoms with E-state index in [4.69, 9.17) is 10.5 Å². The molecule has 10 heteroatoms. The largest absolute Gasteiger partial charge is 0.416 e. The minimum Gasteiger partial charge on any atom is -0.399 e. The SMILES string of the molecule is C[C@@H]1CN2C=C(N3CCOCC3)C=C(C(=O)N[C@H](C)c3cc(N)cc(C(F)(F)F)c3)C2=N1. The van der Waals surface area contributed by atoms with Crippen molar-refractivity contribution in [1.29, 1.82) is 0 Å². The van der Waals surface area contributed by atoms with Crippen molar-refractivity contribution in [2.24, 2.45) is 4.99 Å². The summed E-state index contributed by atoms with van der Waals surface area (Å²) in [4.78, 5) is 21.9. The Morgan fingerprint density at radius 3 is 2.69 bits per heavy atom. The molecule has 0 bridgehead atoms. The molecule has 3 aliphatic rings. The van der Waals surface area contributed by atoms with E-state index in [0.29, 0.717) is 44.3 Å². The summed E-state index contributed by atoms with van der Waals surface area (Å²) in [5.41, 5.74) is 6.39. The van der Waals surface area contributed by atoms with Gasteiger partial charge in [0.1, 0.15) is 5.84 Å². The lowest BCUT2D eigenvalue weighted by Gasteiger charge is -2.34. The van der Waals surface area contributed by atoms with Crippen LogP contribution in [0.4, 0.5) is 18.9 Å². The van der Waals surface area contributed by atoms with Crippen LogP contribution in [0, 0.1) is 0 Å². The van der Waals surface area contributed by atoms with Crippen LogP contribution in [-0.2, 0) is 15.7 Å². The number of carbonyl (C=O) groups excluding carboxylic acids is 1. The first kappa shape index (κ1) is 22.2. The van der Waals surface area contributed by atoms with Gasteiger partial charge in [0.15, 0.2) is 0 Å². The number of amides is 1. The lowest BCUT2D eigenvalue weighted by molar-refractivity contribution is -0.137. The Kier molecular flexibility index (Phi) is 5.89. The number of aliphatic imine (C=N–C) groups is 1. The van der Waals surface area contributed by atoms with Gasteiger partial charge in [-0.25, -0.2) is 0 Å². The Bertz CT molecular complexity index is 996. The number of hydrogen-bond donors (Lipinski definition) is 2. The van der Waals surface area contributed by atoms with Gasteiger partial charge in [-0.1, -0.05) is 0 Å². The van der Waals surface area contributed by atoms with Crippen LogP contribution in [0.3, 0.4) is 0 Å². The molecule has 172 valence electrons. The number of nitrogens with zero attached hydrogens (tertiary/aromatic N) is 3. The number of rotatable bonds is 4. The monoisotopic (exact) mass is 449 g/mol. The van der Waals surface area contributed by atoms with Crippen LogP contribution in [0.1, 0.15) is 31.0 Å². The first-order chi connectivity index (χ1) is 15.1. The lowest BCUT2D eigenvalue weighted by atomic mass is 10.0. The summed E-state index contributed by atoms with van der Waals surface area (Å²) < 4.78 is 44.9. The molecule has 0 unspecified atom stereocenters. The highest BCUT2D eigenvalue weighted by Crippen LogP contribution is 2.33. The number of fused-ring (bicyclic) bond motifs is 1. The fourth-order valence-corrected chi connectivity index (χ4v) is 4.05. The smallest absolute Gasteiger partial charge is 0.399 e. The second-order valence-electron chi connectivity index (χ2n) is 8.25. The maximum absolute atomic E-state index is 13.2. The number of hydrogen-bond acceptors (Lipinski definition) is 6. The predicted molar refractivity (Wildman–Crippen MR) is 115 cm³/mol. The predicted octanol–water partition coefficient (Wildman–Crippen LogP) is 2.68. The van der Waals surface area contributed by atoms with Crippen LogP contribution in [0.5, 0.6) is 0 Å². The van der Waals surface area contributed by atoms with E-state index in [1.165, 1.54) is 6.07 Å². The normalized spacial score (nSPS) is 22.0. The molecule has 0 aliphatic carbocycles. The minimum atomic E-state index is -4.52. The maximum Gasteiger partial charge on any atom is 0.416 e. The molecular weight excluding hydrogens is 423 g/mol. The third kappa shape index (κ3) is 4.59. The molecule has 0 radical (unpaired) electrons. The van der Waals surface area contributed by atoms with Crippen molar-refractivity contribution in [2.45, 2.75) is 32.1 Å². The van der Waals surface area contributed by atoms with Crippen LogP contribution >= 0.6 is 0 Å². The Labute approximate surface area is 184 Å². The van der Waals surface area contributed by atoms with Crippen molar-refractivity contribution in [2.75, 3.05) is 38.6 Å². The zero-order valence-corrected chi connectivity index (χ0v) is 17.9. The van der Waals surface area contributed by atoms with Crippen molar-refractivity contribution < 1.29 is 22.7 Å². The first-order valence-corrected chi connectivity index (χ1v) is 10.5. The summed E-state index contributed by atoms with van der Waals surface area (Å²) in [7, 11) is 0. The highest BCUT2D eigenvalue weighted by Gasteiger charge is 2.34. The molecule has 1 fully saturated rings. The van der Waals surface area contributed by atoms with Crippen LogP contribution in [0.15, 0.2) is 46.7 Å². The fourth-order valence-electron chi connectivity index (χ4n) is 4.05. The molecule has 3 N–H and O–H groups in total. The van der Waals surface area contributed by atoms with E-state index in [9.17, 15) is 18.0 Å². The van der Waals surface area contributed by atoms with E-state index >= 15 is 0 Å². The third-order valence-electron chi connectivity index (χ3n) is 5.67. The van der Waals surface area contributed by atoms with Crippen molar-refractivity contribution in [1.82, 2.24) is 15.1 Å². The van der Waals surface area contributed by atoms with Gasteiger partial charge in [-0.3, -0.25) is 9.79 Å². The second kappa shape index (κ2) is 8.50. The molecule has 7 nitrogen and oxygen atoms in total. The summed E-state index contributed by atoms with van der Waals surface area (Å²) in [6.07, 6.45) is -0.741. The topological polar surface area (TPSA) is 83.2 Å². The van der Waals surface area contributed by atoms with Crippen LogP contribution in [0.25, 0.3) is 0 Å². The molecule has 1 aromatic carbocycles. The fraction of sp³-hybridized carbons (Fsp3) is 0.455. The van der Waals surface area contributed by atoms with Crippen molar-refractivity contribution >= 4 is 17.4 Å². The molecule has 0 spiro atoms. The standard InChI is InChI=1S/C22H26F3N5O2/c1-13-11-30-12-18(29-3-5-32-6-4-29)10-19(20(30)27-13)21(31)28-14(2)15-7-16(22(23,24)25)9-17(26)8-15/h7-10,12-14H,3-6,11,26H2,1-2H3,(H,28,31)/t13-,14-/m1/s1. The average molecular weight is 449 g/mol. The Hall–Kier alpha value is -3.01. The maximum atomic E-state index is 13.2. The number of nitrogen functional groups attached to an aromatic ring is 1. The molecule has 2 atom stereocenters. The Balaban J connectivity index is 1.58. The third-order valence-corrected chi connectivity index (χ3v) is 5.67. The quantitative estimate of drug-likeness (QED) is 0.691. The van der Waals surface area contributed by atoms with Gasteiger partial charge in [0.05, 0.1) is 42.1 Å². The van der Waals surface area contributed by atoms with Crippen LogP contribution < -0.4 is 11.1 Å². The first-order valence-electron chi connectivity index (χ1n) is 10.5. The summed E-state index contributed by atoms with van der Waals surface area (Å²) in [6.45, 7) is 6.91. The van der Waals surface area contributed by atoms with Crippen molar-refractivity contribution in [3.63, 3.8) is 0 Å². The van der Waals surface area contributed by atoms with Gasteiger partial charge < -0.3 is 25.6 Å². The van der Waals surface area contributed by atoms with Gasteiger partial charge in [0, 0.05) is 31.5 Å². The van der Waals surface area contributed by atoms with E-state index in [2.05, 4.69) is 15.2 Å². The molecule has 0 aromatic heterocycles. The number of anilines is 1. The number of carbonyl (C=O) groups is 1. The zero-order valence-electron chi connectivity index (χ0n) is 17.9. The van der Waals surface area contributed by atoms with Gasteiger partial charge in [-0.05, 0) is 43.7 Å². The average Bonchev–Trinajstić information content (AvgIpc) is 3.12. The van der Waals surface area contributed by atoms with Crippen molar-refractivity contribution in [3.05, 3.63) is 52.9 Å². The number of nitrogens with two attached hydrogens (primary N) is 1. The molecule has 1 aromatic rings. The highest BCUT2D eigenvalue weighted by molar-refractivity contribution is 6.22. The number of amidine groups is 1. The van der Waals surface area contributed by atoms with E-state index in [-0.39, 0.29) is 17.3 Å². The van der Waals surface area contributed by atoms with Gasteiger partial charge in [0.2, 0.25) is 0 Å².